The van der Waals surface area contributed by atoms with Crippen LogP contribution in [0.3, 0.4) is 0 Å². The van der Waals surface area contributed by atoms with Crippen molar-refractivity contribution in [2.24, 2.45) is 5.92 Å². The van der Waals surface area contributed by atoms with Crippen molar-refractivity contribution in [1.82, 2.24) is 5.48 Å². The van der Waals surface area contributed by atoms with Gasteiger partial charge in [0.1, 0.15) is 0 Å². The average molecular weight is 226 g/mol. The summed E-state index contributed by atoms with van der Waals surface area (Å²) < 4.78 is 0. The van der Waals surface area contributed by atoms with Crippen LogP contribution in [0.1, 0.15) is 24.0 Å². The summed E-state index contributed by atoms with van der Waals surface area (Å²) in [5, 5.41) is 0.817. The Kier molecular flexibility index (Phi) is 3.62. The maximum absolute atomic E-state index is 5.94. The Morgan fingerprint density at radius 2 is 2.27 bits per heavy atom. The lowest BCUT2D eigenvalue weighted by Crippen LogP contribution is -2.15. The first kappa shape index (κ1) is 10.9. The van der Waals surface area contributed by atoms with Crippen molar-refractivity contribution in [3.63, 3.8) is 0 Å². The largest absolute Gasteiger partial charge is 0.301 e. The van der Waals surface area contributed by atoms with Crippen LogP contribution in [0.5, 0.6) is 0 Å². The van der Waals surface area contributed by atoms with Crippen molar-refractivity contribution in [2.75, 3.05) is 6.61 Å². The quantitative estimate of drug-likeness (QED) is 0.614. The summed E-state index contributed by atoms with van der Waals surface area (Å²) in [4.78, 5) is 5.35. The van der Waals surface area contributed by atoms with Gasteiger partial charge in [-0.2, -0.15) is 5.48 Å². The zero-order valence-electron chi connectivity index (χ0n) is 8.92. The van der Waals surface area contributed by atoms with Crippen LogP contribution < -0.4 is 5.48 Å². The summed E-state index contributed by atoms with van der Waals surface area (Å²) in [5.41, 5.74) is 5.29. The predicted molar refractivity (Wildman–Crippen MR) is 61.7 cm³/mol. The first-order chi connectivity index (χ1) is 7.25. The van der Waals surface area contributed by atoms with Crippen molar-refractivity contribution in [3.05, 3.63) is 34.3 Å². The standard InChI is InChI=1S/C12H16ClNO/c1-9-6-11(4-5-12(9)13)7-14-15-8-10-2-3-10/h4-6,10,14H,2-3,7-8H2,1H3. The first-order valence-corrected chi connectivity index (χ1v) is 5.73. The Bertz CT molecular complexity index is 336. The molecule has 0 atom stereocenters. The van der Waals surface area contributed by atoms with Crippen molar-refractivity contribution in [1.29, 1.82) is 0 Å². The van der Waals surface area contributed by atoms with E-state index in [4.69, 9.17) is 16.4 Å². The number of halogens is 1. The highest BCUT2D eigenvalue weighted by Crippen LogP contribution is 2.28. The summed E-state index contributed by atoms with van der Waals surface area (Å²) in [6.45, 7) is 3.59. The van der Waals surface area contributed by atoms with Gasteiger partial charge in [0, 0.05) is 11.6 Å². The van der Waals surface area contributed by atoms with E-state index in [1.165, 1.54) is 18.4 Å². The molecule has 0 heterocycles. The van der Waals surface area contributed by atoms with Crippen molar-refractivity contribution < 1.29 is 4.84 Å². The van der Waals surface area contributed by atoms with E-state index in [-0.39, 0.29) is 0 Å². The highest BCUT2D eigenvalue weighted by molar-refractivity contribution is 6.31. The molecule has 15 heavy (non-hydrogen) atoms. The monoisotopic (exact) mass is 225 g/mol. The second-order valence-corrected chi connectivity index (χ2v) is 4.57. The van der Waals surface area contributed by atoms with E-state index in [0.717, 1.165) is 29.7 Å². The number of hydrogen-bond donors (Lipinski definition) is 1. The predicted octanol–water partition coefficient (Wildman–Crippen LogP) is 3.08. The number of benzene rings is 1. The zero-order valence-corrected chi connectivity index (χ0v) is 9.68. The van der Waals surface area contributed by atoms with Crippen molar-refractivity contribution >= 4 is 11.6 Å². The van der Waals surface area contributed by atoms with Crippen LogP contribution in [0, 0.1) is 12.8 Å². The third-order valence-electron chi connectivity index (χ3n) is 2.62. The minimum atomic E-state index is 0.741. The number of aryl methyl sites for hydroxylation is 1. The maximum Gasteiger partial charge on any atom is 0.0710 e. The van der Waals surface area contributed by atoms with E-state index in [0.29, 0.717) is 0 Å². The fourth-order valence-corrected chi connectivity index (χ4v) is 1.53. The third kappa shape index (κ3) is 3.49. The van der Waals surface area contributed by atoms with Crippen molar-refractivity contribution in [3.8, 4) is 0 Å². The molecule has 0 unspecified atom stereocenters. The molecule has 0 spiro atoms. The summed E-state index contributed by atoms with van der Waals surface area (Å²) in [6, 6.07) is 6.02. The van der Waals surface area contributed by atoms with E-state index in [2.05, 4.69) is 11.5 Å². The molecule has 0 bridgehead atoms. The van der Waals surface area contributed by atoms with Crippen LogP contribution in [0.25, 0.3) is 0 Å². The molecule has 2 rings (SSSR count). The van der Waals surface area contributed by atoms with Gasteiger partial charge in [0.15, 0.2) is 0 Å². The smallest absolute Gasteiger partial charge is 0.0710 e. The molecule has 1 aromatic carbocycles. The second-order valence-electron chi connectivity index (χ2n) is 4.16. The molecule has 0 amide bonds. The Balaban J connectivity index is 1.74. The highest BCUT2D eigenvalue weighted by Gasteiger charge is 2.21. The van der Waals surface area contributed by atoms with Crippen molar-refractivity contribution in [2.45, 2.75) is 26.3 Å². The van der Waals surface area contributed by atoms with Gasteiger partial charge >= 0.3 is 0 Å². The van der Waals surface area contributed by atoms with E-state index < -0.39 is 0 Å². The van der Waals surface area contributed by atoms with Crippen LogP contribution >= 0.6 is 11.6 Å². The second kappa shape index (κ2) is 4.97. The summed E-state index contributed by atoms with van der Waals surface area (Å²) in [5.74, 6) is 0.796. The van der Waals surface area contributed by atoms with Gasteiger partial charge in [0.05, 0.1) is 6.61 Å². The van der Waals surface area contributed by atoms with Crippen LogP contribution in [-0.2, 0) is 11.4 Å². The van der Waals surface area contributed by atoms with Gasteiger partial charge in [0.2, 0.25) is 0 Å². The topological polar surface area (TPSA) is 21.3 Å². The van der Waals surface area contributed by atoms with Gasteiger partial charge in [-0.3, -0.25) is 0 Å². The van der Waals surface area contributed by atoms with Gasteiger partial charge < -0.3 is 4.84 Å². The van der Waals surface area contributed by atoms with Gasteiger partial charge in [-0.25, -0.2) is 0 Å². The lowest BCUT2D eigenvalue weighted by atomic mass is 10.1. The van der Waals surface area contributed by atoms with E-state index in [1.54, 1.807) is 0 Å². The Morgan fingerprint density at radius 1 is 1.47 bits per heavy atom. The highest BCUT2D eigenvalue weighted by atomic mass is 35.5. The summed E-state index contributed by atoms with van der Waals surface area (Å²) >= 11 is 5.94. The summed E-state index contributed by atoms with van der Waals surface area (Å²) in [7, 11) is 0. The molecule has 82 valence electrons. The van der Waals surface area contributed by atoms with E-state index in [1.807, 2.05) is 19.1 Å². The number of hydrogen-bond acceptors (Lipinski definition) is 2. The molecule has 1 saturated carbocycles. The summed E-state index contributed by atoms with van der Waals surface area (Å²) in [6.07, 6.45) is 2.64. The number of nitrogens with one attached hydrogen (secondary N) is 1. The van der Waals surface area contributed by atoms with Gasteiger partial charge in [-0.05, 0) is 42.9 Å². The SMILES string of the molecule is Cc1cc(CNOCC2CC2)ccc1Cl. The average Bonchev–Trinajstić information content (AvgIpc) is 3.02. The molecule has 1 fully saturated rings. The molecule has 0 aliphatic heterocycles. The molecule has 1 aliphatic carbocycles. The molecule has 3 heteroatoms. The van der Waals surface area contributed by atoms with E-state index >= 15 is 0 Å². The Labute approximate surface area is 95.5 Å². The molecule has 1 N–H and O–H groups in total. The van der Waals surface area contributed by atoms with Gasteiger partial charge in [-0.15, -0.1) is 0 Å². The minimum Gasteiger partial charge on any atom is -0.301 e. The van der Waals surface area contributed by atoms with Crippen LogP contribution in [-0.4, -0.2) is 6.61 Å². The number of rotatable bonds is 5. The zero-order chi connectivity index (χ0) is 10.7. The minimum absolute atomic E-state index is 0.741. The normalized spacial score (nSPS) is 15.6. The molecule has 2 nitrogen and oxygen atoms in total. The lowest BCUT2D eigenvalue weighted by Gasteiger charge is -2.06. The molecular formula is C12H16ClNO. The van der Waals surface area contributed by atoms with E-state index in [9.17, 15) is 0 Å². The molecule has 1 aliphatic rings. The Morgan fingerprint density at radius 3 is 2.93 bits per heavy atom. The fourth-order valence-electron chi connectivity index (χ4n) is 1.41. The third-order valence-corrected chi connectivity index (χ3v) is 3.04. The molecule has 0 saturated heterocycles. The molecule has 1 aromatic rings. The number of hydroxylamine groups is 1. The molecule has 0 radical (unpaired) electrons. The van der Waals surface area contributed by atoms with Crippen LogP contribution in [0.15, 0.2) is 18.2 Å². The first-order valence-electron chi connectivity index (χ1n) is 5.35. The maximum atomic E-state index is 5.94. The van der Waals surface area contributed by atoms with Crippen LogP contribution in [0.2, 0.25) is 5.02 Å². The Hall–Kier alpha value is -0.570. The lowest BCUT2D eigenvalue weighted by molar-refractivity contribution is 0.0294. The molecule has 0 aromatic heterocycles. The van der Waals surface area contributed by atoms with Crippen LogP contribution in [0.4, 0.5) is 0 Å². The fraction of sp³-hybridized carbons (Fsp3) is 0.500. The molecular weight excluding hydrogens is 210 g/mol. The van der Waals surface area contributed by atoms with Gasteiger partial charge in [-0.1, -0.05) is 23.7 Å². The van der Waals surface area contributed by atoms with Gasteiger partial charge in [0.25, 0.3) is 0 Å².